The molecule has 6 heteroatoms. The molecule has 1 atom stereocenters. The molecule has 1 aromatic carbocycles. The van der Waals surface area contributed by atoms with Gasteiger partial charge in [0.2, 0.25) is 5.91 Å². The summed E-state index contributed by atoms with van der Waals surface area (Å²) in [4.78, 5) is 22.6. The number of nitrogens with one attached hydrogen (secondary N) is 1. The minimum atomic E-state index is -0.289. The van der Waals surface area contributed by atoms with Crippen LogP contribution in [0.25, 0.3) is 0 Å². The van der Waals surface area contributed by atoms with Crippen LogP contribution in [0.3, 0.4) is 0 Å². The van der Waals surface area contributed by atoms with Crippen molar-refractivity contribution in [3.05, 3.63) is 29.3 Å². The molecule has 1 aliphatic heterocycles. The van der Waals surface area contributed by atoms with E-state index in [4.69, 9.17) is 16.2 Å². The number of fused-ring (bicyclic) bond motifs is 1. The summed E-state index contributed by atoms with van der Waals surface area (Å²) in [5.41, 5.74) is 12.7. The maximum Gasteiger partial charge on any atom is 0.255 e. The molecule has 0 spiro atoms. The lowest BCUT2D eigenvalue weighted by atomic mass is 9.98. The quantitative estimate of drug-likeness (QED) is 0.675. The predicted octanol–water partition coefficient (Wildman–Crippen LogP) is 0.854. The first-order chi connectivity index (χ1) is 10.1. The van der Waals surface area contributed by atoms with Gasteiger partial charge in [-0.25, -0.2) is 0 Å². The standard InChI is InChI=1S/C15H21N3O3/c16-12(3-1-2-4-14(17)19)10-5-6-13-11(9-10)15(20)18-7-8-21-13/h5-6,9,12H,1-4,7-8,16H2,(H2,17,19)(H,18,20). The predicted molar refractivity (Wildman–Crippen MR) is 78.9 cm³/mol. The number of ether oxygens (including phenoxy) is 1. The maximum atomic E-state index is 11.9. The summed E-state index contributed by atoms with van der Waals surface area (Å²) in [7, 11) is 0. The second kappa shape index (κ2) is 7.08. The zero-order valence-electron chi connectivity index (χ0n) is 11.9. The van der Waals surface area contributed by atoms with E-state index in [0.29, 0.717) is 30.9 Å². The minimum absolute atomic E-state index is 0.134. The Morgan fingerprint density at radius 2 is 2.19 bits per heavy atom. The van der Waals surface area contributed by atoms with E-state index in [9.17, 15) is 9.59 Å². The van der Waals surface area contributed by atoms with Crippen molar-refractivity contribution < 1.29 is 14.3 Å². The topological polar surface area (TPSA) is 107 Å². The van der Waals surface area contributed by atoms with Crippen molar-refractivity contribution in [3.63, 3.8) is 0 Å². The van der Waals surface area contributed by atoms with Gasteiger partial charge in [0.15, 0.2) is 0 Å². The van der Waals surface area contributed by atoms with Gasteiger partial charge >= 0.3 is 0 Å². The number of hydrogen-bond donors (Lipinski definition) is 3. The zero-order chi connectivity index (χ0) is 15.2. The molecule has 2 amide bonds. The van der Waals surface area contributed by atoms with Crippen LogP contribution < -0.4 is 21.5 Å². The van der Waals surface area contributed by atoms with Crippen molar-refractivity contribution >= 4 is 11.8 Å². The highest BCUT2D eigenvalue weighted by molar-refractivity contribution is 5.97. The molecule has 21 heavy (non-hydrogen) atoms. The third kappa shape index (κ3) is 4.19. The van der Waals surface area contributed by atoms with Crippen LogP contribution in [-0.4, -0.2) is 25.0 Å². The summed E-state index contributed by atoms with van der Waals surface area (Å²) in [5, 5.41) is 2.78. The molecule has 6 nitrogen and oxygen atoms in total. The number of amides is 2. The van der Waals surface area contributed by atoms with Gasteiger partial charge in [0.25, 0.3) is 5.91 Å². The summed E-state index contributed by atoms with van der Waals surface area (Å²) in [6.45, 7) is 0.972. The fraction of sp³-hybridized carbons (Fsp3) is 0.467. The summed E-state index contributed by atoms with van der Waals surface area (Å²) in [6.07, 6.45) is 2.68. The Morgan fingerprint density at radius 3 is 2.95 bits per heavy atom. The summed E-state index contributed by atoms with van der Waals surface area (Å²) in [6, 6.07) is 5.29. The number of carbonyl (C=O) groups is 2. The lowest BCUT2D eigenvalue weighted by Crippen LogP contribution is -2.24. The Kier molecular flexibility index (Phi) is 5.16. The van der Waals surface area contributed by atoms with Gasteiger partial charge in [-0.1, -0.05) is 12.5 Å². The number of hydrogen-bond acceptors (Lipinski definition) is 4. The minimum Gasteiger partial charge on any atom is -0.491 e. The second-order valence-corrected chi connectivity index (χ2v) is 5.18. The second-order valence-electron chi connectivity index (χ2n) is 5.18. The molecule has 0 saturated heterocycles. The number of nitrogens with two attached hydrogens (primary N) is 2. The first kappa shape index (κ1) is 15.3. The molecule has 5 N–H and O–H groups in total. The van der Waals surface area contributed by atoms with Gasteiger partial charge in [0.05, 0.1) is 12.1 Å². The van der Waals surface area contributed by atoms with Crippen LogP contribution in [0.15, 0.2) is 18.2 Å². The molecule has 0 saturated carbocycles. The van der Waals surface area contributed by atoms with Gasteiger partial charge in [-0.2, -0.15) is 0 Å². The van der Waals surface area contributed by atoms with E-state index in [1.165, 1.54) is 0 Å². The van der Waals surface area contributed by atoms with Crippen LogP contribution in [0.5, 0.6) is 5.75 Å². The summed E-state index contributed by atoms with van der Waals surface area (Å²) in [5.74, 6) is 0.169. The van der Waals surface area contributed by atoms with Crippen LogP contribution in [0.2, 0.25) is 0 Å². The molecule has 0 bridgehead atoms. The molecule has 0 radical (unpaired) electrons. The van der Waals surface area contributed by atoms with Crippen LogP contribution in [-0.2, 0) is 4.79 Å². The fourth-order valence-electron chi connectivity index (χ4n) is 2.33. The third-order valence-corrected chi connectivity index (χ3v) is 3.51. The summed E-state index contributed by atoms with van der Waals surface area (Å²) < 4.78 is 5.50. The maximum absolute atomic E-state index is 11.9. The van der Waals surface area contributed by atoms with Crippen molar-refractivity contribution in [1.82, 2.24) is 5.32 Å². The Hall–Kier alpha value is -2.08. The van der Waals surface area contributed by atoms with Crippen molar-refractivity contribution in [1.29, 1.82) is 0 Å². The number of carbonyl (C=O) groups excluding carboxylic acids is 2. The summed E-state index contributed by atoms with van der Waals surface area (Å²) >= 11 is 0. The highest BCUT2D eigenvalue weighted by Crippen LogP contribution is 2.26. The van der Waals surface area contributed by atoms with E-state index in [1.807, 2.05) is 6.07 Å². The fourth-order valence-corrected chi connectivity index (χ4v) is 2.33. The molecule has 1 aliphatic rings. The Morgan fingerprint density at radius 1 is 1.38 bits per heavy atom. The highest BCUT2D eigenvalue weighted by atomic mass is 16.5. The molecule has 2 rings (SSSR count). The van der Waals surface area contributed by atoms with Crippen molar-refractivity contribution in [2.24, 2.45) is 11.5 Å². The molecule has 0 aromatic heterocycles. The van der Waals surface area contributed by atoms with Crippen LogP contribution in [0, 0.1) is 0 Å². The van der Waals surface area contributed by atoms with Crippen molar-refractivity contribution in [2.75, 3.05) is 13.2 Å². The Labute approximate surface area is 123 Å². The first-order valence-corrected chi connectivity index (χ1v) is 7.17. The average molecular weight is 291 g/mol. The molecule has 1 unspecified atom stereocenters. The van der Waals surface area contributed by atoms with Crippen LogP contribution >= 0.6 is 0 Å². The molecule has 1 heterocycles. The number of benzene rings is 1. The van der Waals surface area contributed by atoms with E-state index >= 15 is 0 Å². The van der Waals surface area contributed by atoms with Crippen LogP contribution in [0.4, 0.5) is 0 Å². The smallest absolute Gasteiger partial charge is 0.255 e. The lowest BCUT2D eigenvalue weighted by Gasteiger charge is -2.14. The van der Waals surface area contributed by atoms with E-state index in [1.54, 1.807) is 12.1 Å². The van der Waals surface area contributed by atoms with E-state index in [-0.39, 0.29) is 17.9 Å². The van der Waals surface area contributed by atoms with Gasteiger partial charge < -0.3 is 21.5 Å². The van der Waals surface area contributed by atoms with Crippen molar-refractivity contribution in [3.8, 4) is 5.75 Å². The molecular formula is C15H21N3O3. The van der Waals surface area contributed by atoms with Gasteiger partial charge in [-0.05, 0) is 30.5 Å². The molecule has 114 valence electrons. The molecule has 0 fully saturated rings. The van der Waals surface area contributed by atoms with Crippen LogP contribution in [0.1, 0.15) is 47.6 Å². The van der Waals surface area contributed by atoms with E-state index in [2.05, 4.69) is 5.32 Å². The molecular weight excluding hydrogens is 270 g/mol. The monoisotopic (exact) mass is 291 g/mol. The molecule has 0 aliphatic carbocycles. The van der Waals surface area contributed by atoms with Gasteiger partial charge in [-0.3, -0.25) is 9.59 Å². The van der Waals surface area contributed by atoms with Gasteiger partial charge in [0, 0.05) is 12.5 Å². The first-order valence-electron chi connectivity index (χ1n) is 7.17. The largest absolute Gasteiger partial charge is 0.491 e. The number of primary amides is 1. The normalized spacial score (nSPS) is 15.4. The van der Waals surface area contributed by atoms with Gasteiger partial charge in [-0.15, -0.1) is 0 Å². The zero-order valence-corrected chi connectivity index (χ0v) is 11.9. The number of unbranched alkanes of at least 4 members (excludes halogenated alkanes) is 1. The van der Waals surface area contributed by atoms with Gasteiger partial charge in [0.1, 0.15) is 12.4 Å². The third-order valence-electron chi connectivity index (χ3n) is 3.51. The van der Waals surface area contributed by atoms with E-state index < -0.39 is 0 Å². The lowest BCUT2D eigenvalue weighted by molar-refractivity contribution is -0.118. The van der Waals surface area contributed by atoms with E-state index in [0.717, 1.165) is 24.8 Å². The Bertz CT molecular complexity index is 531. The molecule has 1 aromatic rings. The Balaban J connectivity index is 2.00. The SMILES string of the molecule is NC(=O)CCCCC(N)c1ccc2c(c1)C(=O)NCCO2. The van der Waals surface area contributed by atoms with Crippen molar-refractivity contribution in [2.45, 2.75) is 31.7 Å². The average Bonchev–Trinajstić information content (AvgIpc) is 2.65. The number of rotatable bonds is 6. The highest BCUT2D eigenvalue weighted by Gasteiger charge is 2.18.